The molecule has 1 aromatic rings. The summed E-state index contributed by atoms with van der Waals surface area (Å²) >= 11 is 0. The number of aromatic nitrogens is 1. The Balaban J connectivity index is 1.75. The summed E-state index contributed by atoms with van der Waals surface area (Å²) in [6.07, 6.45) is 2.82. The lowest BCUT2D eigenvalue weighted by atomic mass is 10.3. The summed E-state index contributed by atoms with van der Waals surface area (Å²) in [6.45, 7) is 2.48. The van der Waals surface area contributed by atoms with Gasteiger partial charge in [-0.2, -0.15) is 0 Å². The van der Waals surface area contributed by atoms with Gasteiger partial charge < -0.3 is 15.5 Å². The van der Waals surface area contributed by atoms with Gasteiger partial charge in [0.25, 0.3) is 0 Å². The zero-order valence-corrected chi connectivity index (χ0v) is 10.8. The van der Waals surface area contributed by atoms with Gasteiger partial charge in [0.05, 0.1) is 0 Å². The van der Waals surface area contributed by atoms with Gasteiger partial charge in [0.1, 0.15) is 11.6 Å². The molecule has 0 saturated carbocycles. The van der Waals surface area contributed by atoms with E-state index in [4.69, 9.17) is 0 Å². The number of carbonyl (C=O) groups excluding carboxylic acids is 1. The Labute approximate surface area is 108 Å². The fourth-order valence-corrected chi connectivity index (χ4v) is 2.09. The minimum Gasteiger partial charge on any atom is -0.373 e. The number of anilines is 2. The van der Waals surface area contributed by atoms with E-state index in [0.717, 1.165) is 37.6 Å². The summed E-state index contributed by atoms with van der Waals surface area (Å²) < 4.78 is 0. The van der Waals surface area contributed by atoms with Gasteiger partial charge in [0, 0.05) is 33.1 Å². The highest BCUT2D eigenvalue weighted by atomic mass is 16.2. The number of hydrogen-bond acceptors (Lipinski definition) is 4. The third kappa shape index (κ3) is 3.35. The van der Waals surface area contributed by atoms with Crippen molar-refractivity contribution in [1.29, 1.82) is 0 Å². The molecule has 2 rings (SSSR count). The third-order valence-corrected chi connectivity index (χ3v) is 3.11. The fourth-order valence-electron chi connectivity index (χ4n) is 2.09. The summed E-state index contributed by atoms with van der Waals surface area (Å²) in [4.78, 5) is 18.1. The Morgan fingerprint density at radius 1 is 1.33 bits per heavy atom. The summed E-state index contributed by atoms with van der Waals surface area (Å²) in [5, 5.41) is 6.16. The number of nitrogens with one attached hydrogen (secondary N) is 2. The van der Waals surface area contributed by atoms with Crippen LogP contribution in [-0.4, -0.2) is 42.5 Å². The smallest absolute Gasteiger partial charge is 0.224 e. The van der Waals surface area contributed by atoms with Gasteiger partial charge in [-0.1, -0.05) is 6.07 Å². The lowest BCUT2D eigenvalue weighted by Gasteiger charge is -2.15. The number of amides is 1. The first-order valence-corrected chi connectivity index (χ1v) is 6.46. The van der Waals surface area contributed by atoms with Crippen LogP contribution in [-0.2, 0) is 4.79 Å². The number of carbonyl (C=O) groups is 1. The van der Waals surface area contributed by atoms with Crippen molar-refractivity contribution in [2.24, 2.45) is 0 Å². The minimum absolute atomic E-state index is 0.241. The predicted octanol–water partition coefficient (Wildman–Crippen LogP) is 1.55. The first-order valence-electron chi connectivity index (χ1n) is 6.46. The van der Waals surface area contributed by atoms with Gasteiger partial charge in [-0.3, -0.25) is 4.79 Å². The first kappa shape index (κ1) is 12.7. The number of pyridine rings is 1. The van der Waals surface area contributed by atoms with Gasteiger partial charge in [-0.15, -0.1) is 0 Å². The molecule has 0 unspecified atom stereocenters. The van der Waals surface area contributed by atoms with Crippen molar-refractivity contribution in [2.45, 2.75) is 19.3 Å². The number of nitrogens with zero attached hydrogens (tertiary/aromatic N) is 2. The summed E-state index contributed by atoms with van der Waals surface area (Å²) in [5.74, 6) is 1.87. The van der Waals surface area contributed by atoms with Crippen LogP contribution in [0.25, 0.3) is 0 Å². The average molecular weight is 248 g/mol. The van der Waals surface area contributed by atoms with E-state index in [-0.39, 0.29) is 5.91 Å². The van der Waals surface area contributed by atoms with Gasteiger partial charge >= 0.3 is 0 Å². The number of likely N-dealkylation sites (tertiary alicyclic amines) is 1. The molecule has 0 aliphatic carbocycles. The van der Waals surface area contributed by atoms with Gasteiger partial charge in [0.2, 0.25) is 5.91 Å². The van der Waals surface area contributed by atoms with Crippen molar-refractivity contribution < 1.29 is 4.79 Å². The van der Waals surface area contributed by atoms with E-state index in [1.54, 1.807) is 0 Å². The Kier molecular flexibility index (Phi) is 4.39. The summed E-state index contributed by atoms with van der Waals surface area (Å²) in [5.41, 5.74) is 0. The quantitative estimate of drug-likeness (QED) is 0.830. The normalized spacial score (nSPS) is 14.6. The lowest BCUT2D eigenvalue weighted by Crippen LogP contribution is -2.29. The molecule has 0 aromatic carbocycles. The van der Waals surface area contributed by atoms with E-state index in [2.05, 4.69) is 15.6 Å². The molecular weight excluding hydrogens is 228 g/mol. The standard InChI is InChI=1S/C13H20N4O/c1-14-11-5-4-6-12(16-11)15-8-7-13(18)17-9-2-3-10-17/h4-6H,2-3,7-10H2,1H3,(H2,14,15,16). The van der Waals surface area contributed by atoms with Crippen LogP contribution < -0.4 is 10.6 Å². The van der Waals surface area contributed by atoms with Crippen LogP contribution in [0.3, 0.4) is 0 Å². The van der Waals surface area contributed by atoms with Crippen molar-refractivity contribution >= 4 is 17.5 Å². The van der Waals surface area contributed by atoms with Gasteiger partial charge in [-0.05, 0) is 25.0 Å². The van der Waals surface area contributed by atoms with Crippen LogP contribution in [0.15, 0.2) is 18.2 Å². The van der Waals surface area contributed by atoms with Crippen LogP contribution in [0.5, 0.6) is 0 Å². The van der Waals surface area contributed by atoms with Crippen molar-refractivity contribution in [2.75, 3.05) is 37.3 Å². The van der Waals surface area contributed by atoms with Crippen molar-refractivity contribution in [1.82, 2.24) is 9.88 Å². The Hall–Kier alpha value is -1.78. The Morgan fingerprint density at radius 3 is 2.78 bits per heavy atom. The molecule has 5 nitrogen and oxygen atoms in total. The molecule has 0 radical (unpaired) electrons. The number of rotatable bonds is 5. The molecule has 1 aliphatic rings. The van der Waals surface area contributed by atoms with Crippen LogP contribution in [0.4, 0.5) is 11.6 Å². The van der Waals surface area contributed by atoms with Crippen molar-refractivity contribution in [3.63, 3.8) is 0 Å². The minimum atomic E-state index is 0.241. The van der Waals surface area contributed by atoms with E-state index >= 15 is 0 Å². The van der Waals surface area contributed by atoms with Gasteiger partial charge in [0.15, 0.2) is 0 Å². The molecule has 1 fully saturated rings. The molecule has 5 heteroatoms. The van der Waals surface area contributed by atoms with E-state index < -0.39 is 0 Å². The van der Waals surface area contributed by atoms with E-state index in [0.29, 0.717) is 13.0 Å². The van der Waals surface area contributed by atoms with Crippen molar-refractivity contribution in [3.05, 3.63) is 18.2 Å². The monoisotopic (exact) mass is 248 g/mol. The zero-order chi connectivity index (χ0) is 12.8. The molecule has 2 N–H and O–H groups in total. The highest BCUT2D eigenvalue weighted by molar-refractivity contribution is 5.76. The maximum absolute atomic E-state index is 11.8. The first-order chi connectivity index (χ1) is 8.79. The SMILES string of the molecule is CNc1cccc(NCCC(=O)N2CCCC2)n1. The van der Waals surface area contributed by atoms with Crippen LogP contribution >= 0.6 is 0 Å². The highest BCUT2D eigenvalue weighted by Crippen LogP contribution is 2.10. The summed E-state index contributed by atoms with van der Waals surface area (Å²) in [7, 11) is 1.84. The van der Waals surface area contributed by atoms with Crippen LogP contribution in [0, 0.1) is 0 Å². The molecule has 0 spiro atoms. The number of hydrogen-bond donors (Lipinski definition) is 2. The molecule has 1 aliphatic heterocycles. The molecule has 0 bridgehead atoms. The van der Waals surface area contributed by atoms with Crippen LogP contribution in [0.2, 0.25) is 0 Å². The zero-order valence-electron chi connectivity index (χ0n) is 10.8. The highest BCUT2D eigenvalue weighted by Gasteiger charge is 2.16. The fraction of sp³-hybridized carbons (Fsp3) is 0.538. The largest absolute Gasteiger partial charge is 0.373 e. The van der Waals surface area contributed by atoms with E-state index in [1.165, 1.54) is 0 Å². The topological polar surface area (TPSA) is 57.3 Å². The second kappa shape index (κ2) is 6.23. The van der Waals surface area contributed by atoms with E-state index in [1.807, 2.05) is 30.1 Å². The molecular formula is C13H20N4O. The van der Waals surface area contributed by atoms with Gasteiger partial charge in [-0.25, -0.2) is 4.98 Å². The molecule has 0 atom stereocenters. The molecule has 98 valence electrons. The molecule has 1 amide bonds. The average Bonchev–Trinajstić information content (AvgIpc) is 2.93. The Morgan fingerprint density at radius 2 is 2.06 bits per heavy atom. The maximum atomic E-state index is 11.8. The van der Waals surface area contributed by atoms with Crippen LogP contribution in [0.1, 0.15) is 19.3 Å². The van der Waals surface area contributed by atoms with Crippen molar-refractivity contribution in [3.8, 4) is 0 Å². The second-order valence-corrected chi connectivity index (χ2v) is 4.42. The molecule has 1 aromatic heterocycles. The molecule has 1 saturated heterocycles. The summed E-state index contributed by atoms with van der Waals surface area (Å²) in [6, 6.07) is 5.74. The molecule has 18 heavy (non-hydrogen) atoms. The molecule has 2 heterocycles. The van der Waals surface area contributed by atoms with E-state index in [9.17, 15) is 4.79 Å². The third-order valence-electron chi connectivity index (χ3n) is 3.11. The lowest BCUT2D eigenvalue weighted by molar-refractivity contribution is -0.129. The Bertz CT molecular complexity index is 402. The second-order valence-electron chi connectivity index (χ2n) is 4.42. The maximum Gasteiger partial charge on any atom is 0.224 e. The predicted molar refractivity (Wildman–Crippen MR) is 72.7 cm³/mol.